The van der Waals surface area contributed by atoms with Crippen LogP contribution in [0.3, 0.4) is 0 Å². The number of carbonyl (C=O) groups is 1. The third-order valence-electron chi connectivity index (χ3n) is 4.90. The van der Waals surface area contributed by atoms with Crippen LogP contribution in [0.15, 0.2) is 29.2 Å². The van der Waals surface area contributed by atoms with Crippen molar-refractivity contribution in [3.05, 3.63) is 46.2 Å². The number of aryl methyl sites for hydroxylation is 2. The molecule has 1 aromatic carbocycles. The lowest BCUT2D eigenvalue weighted by atomic mass is 9.89. The number of thioether (sulfide) groups is 1. The first kappa shape index (κ1) is 18.5. The minimum Gasteiger partial charge on any atom is -0.298 e. The van der Waals surface area contributed by atoms with Crippen LogP contribution in [0.2, 0.25) is 5.15 Å². The molecule has 3 rings (SSSR count). The Morgan fingerprint density at radius 1 is 1.40 bits per heavy atom. The molecule has 0 spiro atoms. The molecule has 2 aromatic rings. The molecule has 0 aliphatic carbocycles. The van der Waals surface area contributed by atoms with Gasteiger partial charge in [0, 0.05) is 42.1 Å². The smallest absolute Gasteiger partial charge is 0.168 e. The Hall–Kier alpha value is -1.30. The van der Waals surface area contributed by atoms with Crippen molar-refractivity contribution < 1.29 is 4.79 Å². The molecule has 1 aliphatic rings. The third-order valence-corrected chi connectivity index (χ3v) is 6.17. The van der Waals surface area contributed by atoms with Crippen molar-refractivity contribution in [3.63, 3.8) is 0 Å². The lowest BCUT2D eigenvalue weighted by Gasteiger charge is -2.32. The Bertz CT molecular complexity index is 774. The Balaban J connectivity index is 1.74. The van der Waals surface area contributed by atoms with Gasteiger partial charge < -0.3 is 0 Å². The molecule has 1 aliphatic heterocycles. The summed E-state index contributed by atoms with van der Waals surface area (Å²) < 4.78 is 1.72. The molecule has 25 heavy (non-hydrogen) atoms. The summed E-state index contributed by atoms with van der Waals surface area (Å²) in [7, 11) is 1.86. The van der Waals surface area contributed by atoms with Gasteiger partial charge in [-0.3, -0.25) is 14.4 Å². The maximum atomic E-state index is 13.0. The molecule has 1 fully saturated rings. The molecular weight excluding hydrogens is 354 g/mol. The van der Waals surface area contributed by atoms with Crippen LogP contribution in [0.1, 0.15) is 34.5 Å². The van der Waals surface area contributed by atoms with Crippen LogP contribution in [0.25, 0.3) is 0 Å². The maximum absolute atomic E-state index is 13.0. The first-order valence-electron chi connectivity index (χ1n) is 8.58. The Kier molecular flexibility index (Phi) is 5.87. The van der Waals surface area contributed by atoms with Gasteiger partial charge in [0.05, 0.1) is 5.69 Å². The van der Waals surface area contributed by atoms with Crippen molar-refractivity contribution in [2.45, 2.75) is 31.2 Å². The van der Waals surface area contributed by atoms with Crippen LogP contribution in [0.4, 0.5) is 0 Å². The van der Waals surface area contributed by atoms with Gasteiger partial charge in [0.2, 0.25) is 0 Å². The highest BCUT2D eigenvalue weighted by molar-refractivity contribution is 7.98. The van der Waals surface area contributed by atoms with Crippen LogP contribution < -0.4 is 0 Å². The first-order chi connectivity index (χ1) is 12.0. The number of hydrogen-bond donors (Lipinski definition) is 0. The van der Waals surface area contributed by atoms with Gasteiger partial charge in [0.25, 0.3) is 0 Å². The van der Waals surface area contributed by atoms with E-state index in [1.807, 2.05) is 44.5 Å². The molecule has 1 atom stereocenters. The van der Waals surface area contributed by atoms with E-state index in [1.54, 1.807) is 16.4 Å². The van der Waals surface area contributed by atoms with Crippen molar-refractivity contribution in [2.75, 3.05) is 19.3 Å². The first-order valence-corrected chi connectivity index (χ1v) is 10.2. The summed E-state index contributed by atoms with van der Waals surface area (Å²) in [5, 5.41) is 5.08. The highest BCUT2D eigenvalue weighted by Gasteiger charge is 2.28. The minimum atomic E-state index is 0.0535. The minimum absolute atomic E-state index is 0.0535. The summed E-state index contributed by atoms with van der Waals surface area (Å²) in [5.74, 6) is 0.321. The van der Waals surface area contributed by atoms with Gasteiger partial charge >= 0.3 is 0 Å². The molecule has 2 heterocycles. The normalized spacial score (nSPS) is 18.5. The Morgan fingerprint density at radius 2 is 2.16 bits per heavy atom. The monoisotopic (exact) mass is 377 g/mol. The second kappa shape index (κ2) is 7.94. The van der Waals surface area contributed by atoms with Gasteiger partial charge in [-0.15, -0.1) is 11.8 Å². The fraction of sp³-hybridized carbons (Fsp3) is 0.474. The largest absolute Gasteiger partial charge is 0.298 e. The summed E-state index contributed by atoms with van der Waals surface area (Å²) in [6, 6.07) is 7.92. The number of likely N-dealkylation sites (tertiary alicyclic amines) is 1. The van der Waals surface area contributed by atoms with Gasteiger partial charge in [0.1, 0.15) is 5.15 Å². The van der Waals surface area contributed by atoms with Gasteiger partial charge in [-0.1, -0.05) is 29.8 Å². The summed E-state index contributed by atoms with van der Waals surface area (Å²) in [6.07, 6.45) is 4.01. The fourth-order valence-corrected chi connectivity index (χ4v) is 4.40. The molecule has 1 aromatic heterocycles. The molecule has 0 unspecified atom stereocenters. The SMILES string of the molecule is CSc1ccccc1C(=O)[C@@H]1CCCN(Cc2c(C)nn(C)c2Cl)C1. The molecule has 6 heteroatoms. The van der Waals surface area contributed by atoms with Crippen LogP contribution in [0.5, 0.6) is 0 Å². The summed E-state index contributed by atoms with van der Waals surface area (Å²) in [6.45, 7) is 4.53. The van der Waals surface area contributed by atoms with E-state index in [2.05, 4.69) is 10.00 Å². The van der Waals surface area contributed by atoms with E-state index >= 15 is 0 Å². The van der Waals surface area contributed by atoms with Gasteiger partial charge in [0.15, 0.2) is 5.78 Å². The van der Waals surface area contributed by atoms with Crippen LogP contribution in [0, 0.1) is 12.8 Å². The quantitative estimate of drug-likeness (QED) is 0.578. The maximum Gasteiger partial charge on any atom is 0.168 e. The number of Topliss-reactive ketones (excluding diaryl/α,β-unsaturated/α-hetero) is 1. The van der Waals surface area contributed by atoms with E-state index in [1.165, 1.54) is 0 Å². The van der Waals surface area contributed by atoms with Crippen LogP contribution in [-0.2, 0) is 13.6 Å². The molecule has 4 nitrogen and oxygen atoms in total. The second-order valence-corrected chi connectivity index (χ2v) is 7.82. The van der Waals surface area contributed by atoms with Crippen molar-refractivity contribution in [1.29, 1.82) is 0 Å². The molecular formula is C19H24ClN3OS. The standard InChI is InChI=1S/C19H24ClN3OS/c1-13-16(19(20)22(2)21-13)12-23-10-6-7-14(11-23)18(24)15-8-4-5-9-17(15)25-3/h4-5,8-9,14H,6-7,10-12H2,1-3H3/t14-/m1/s1. The number of hydrogen-bond acceptors (Lipinski definition) is 4. The number of carbonyl (C=O) groups excluding carboxylic acids is 1. The van der Waals surface area contributed by atoms with Crippen molar-refractivity contribution in [2.24, 2.45) is 13.0 Å². The van der Waals surface area contributed by atoms with E-state index in [0.29, 0.717) is 5.15 Å². The molecule has 0 N–H and O–H groups in total. The molecule has 0 saturated carbocycles. The van der Waals surface area contributed by atoms with E-state index in [9.17, 15) is 4.79 Å². The molecule has 1 saturated heterocycles. The lowest BCUT2D eigenvalue weighted by Crippen LogP contribution is -2.38. The Morgan fingerprint density at radius 3 is 2.84 bits per heavy atom. The van der Waals surface area contributed by atoms with Crippen LogP contribution in [-0.4, -0.2) is 39.8 Å². The number of ketones is 1. The predicted octanol–water partition coefficient (Wildman–Crippen LogP) is 4.20. The molecule has 0 amide bonds. The number of aromatic nitrogens is 2. The zero-order valence-electron chi connectivity index (χ0n) is 15.0. The average Bonchev–Trinajstić information content (AvgIpc) is 2.87. The lowest BCUT2D eigenvalue weighted by molar-refractivity contribution is 0.0808. The molecule has 134 valence electrons. The molecule has 0 bridgehead atoms. The summed E-state index contributed by atoms with van der Waals surface area (Å²) in [4.78, 5) is 16.4. The van der Waals surface area contributed by atoms with E-state index < -0.39 is 0 Å². The third kappa shape index (κ3) is 3.94. The van der Waals surface area contributed by atoms with Gasteiger partial charge in [-0.05, 0) is 38.6 Å². The van der Waals surface area contributed by atoms with E-state index in [4.69, 9.17) is 11.6 Å². The van der Waals surface area contributed by atoms with E-state index in [-0.39, 0.29) is 11.7 Å². The second-order valence-electron chi connectivity index (χ2n) is 6.62. The zero-order valence-corrected chi connectivity index (χ0v) is 16.5. The fourth-order valence-electron chi connectivity index (χ4n) is 3.56. The van der Waals surface area contributed by atoms with Crippen molar-refractivity contribution in [1.82, 2.24) is 14.7 Å². The molecule has 0 radical (unpaired) electrons. The number of halogens is 1. The van der Waals surface area contributed by atoms with Crippen molar-refractivity contribution >= 4 is 29.1 Å². The topological polar surface area (TPSA) is 38.1 Å². The number of benzene rings is 1. The summed E-state index contributed by atoms with van der Waals surface area (Å²) in [5.41, 5.74) is 2.90. The van der Waals surface area contributed by atoms with Crippen molar-refractivity contribution in [3.8, 4) is 0 Å². The number of rotatable bonds is 5. The predicted molar refractivity (Wildman–Crippen MR) is 104 cm³/mol. The Labute approximate surface area is 158 Å². The average molecular weight is 378 g/mol. The number of piperidine rings is 1. The zero-order chi connectivity index (χ0) is 18.0. The highest BCUT2D eigenvalue weighted by Crippen LogP contribution is 2.28. The van der Waals surface area contributed by atoms with Gasteiger partial charge in [-0.2, -0.15) is 5.10 Å². The van der Waals surface area contributed by atoms with Gasteiger partial charge in [-0.25, -0.2) is 0 Å². The van der Waals surface area contributed by atoms with Crippen LogP contribution >= 0.6 is 23.4 Å². The number of nitrogens with zero attached hydrogens (tertiary/aromatic N) is 3. The summed E-state index contributed by atoms with van der Waals surface area (Å²) >= 11 is 8.01. The highest BCUT2D eigenvalue weighted by atomic mass is 35.5. The van der Waals surface area contributed by atoms with E-state index in [0.717, 1.165) is 54.2 Å².